The monoisotopic (exact) mass is 302 g/mol. The van der Waals surface area contributed by atoms with Gasteiger partial charge in [0.1, 0.15) is 29.1 Å². The van der Waals surface area contributed by atoms with Crippen LogP contribution >= 0.6 is 0 Å². The molecule has 0 saturated carbocycles. The van der Waals surface area contributed by atoms with Gasteiger partial charge in [-0.2, -0.15) is 10.5 Å². The summed E-state index contributed by atoms with van der Waals surface area (Å²) in [5.74, 6) is -2.98. The zero-order chi connectivity index (χ0) is 16.4. The molecule has 6 nitrogen and oxygen atoms in total. The Bertz CT molecular complexity index is 884. The number of nitriles is 2. The molecule has 110 valence electrons. The zero-order valence-electron chi connectivity index (χ0n) is 11.2. The van der Waals surface area contributed by atoms with Gasteiger partial charge >= 0.3 is 0 Å². The summed E-state index contributed by atoms with van der Waals surface area (Å²) in [4.78, 5) is 13.9. The number of hydrogen-bond donors (Lipinski definition) is 2. The maximum absolute atomic E-state index is 13.8. The van der Waals surface area contributed by atoms with Crippen LogP contribution in [0.3, 0.4) is 0 Å². The second kappa shape index (κ2) is 5.54. The van der Waals surface area contributed by atoms with E-state index in [0.29, 0.717) is 0 Å². The van der Waals surface area contributed by atoms with Crippen molar-refractivity contribution in [2.24, 2.45) is 0 Å². The number of aromatic nitrogens is 1. The number of pyridine rings is 1. The maximum Gasteiger partial charge on any atom is 0.268 e. The quantitative estimate of drug-likeness (QED) is 0.875. The SMILES string of the molecule is COc1c(F)cc(-c2c(C#N)c(N)[nH]c(=O)c2C#N)cc1F. The normalized spacial score (nSPS) is 9.86. The Morgan fingerprint density at radius 1 is 1.18 bits per heavy atom. The fourth-order valence-electron chi connectivity index (χ4n) is 2.03. The van der Waals surface area contributed by atoms with Crippen molar-refractivity contribution in [2.45, 2.75) is 0 Å². The van der Waals surface area contributed by atoms with E-state index in [9.17, 15) is 13.6 Å². The van der Waals surface area contributed by atoms with Gasteiger partial charge in [-0.1, -0.05) is 0 Å². The Hall–Kier alpha value is -3.39. The molecule has 0 radical (unpaired) electrons. The van der Waals surface area contributed by atoms with E-state index in [1.165, 1.54) is 0 Å². The average molecular weight is 302 g/mol. The Morgan fingerprint density at radius 2 is 1.73 bits per heavy atom. The third-order valence-corrected chi connectivity index (χ3v) is 2.96. The summed E-state index contributed by atoms with van der Waals surface area (Å²) in [6, 6.07) is 5.03. The number of rotatable bonds is 2. The van der Waals surface area contributed by atoms with E-state index in [2.05, 4.69) is 9.72 Å². The van der Waals surface area contributed by atoms with Crippen LogP contribution in [0.2, 0.25) is 0 Å². The molecule has 0 amide bonds. The minimum Gasteiger partial charge on any atom is -0.491 e. The predicted molar refractivity (Wildman–Crippen MR) is 72.8 cm³/mol. The van der Waals surface area contributed by atoms with E-state index in [-0.39, 0.29) is 22.5 Å². The van der Waals surface area contributed by atoms with Crippen molar-refractivity contribution in [3.8, 4) is 29.0 Å². The Kier molecular flexibility index (Phi) is 3.78. The molecule has 0 unspecified atom stereocenters. The number of halogens is 2. The molecular formula is C14H8F2N4O2. The summed E-state index contributed by atoms with van der Waals surface area (Å²) in [7, 11) is 1.09. The number of H-pyrrole nitrogens is 1. The summed E-state index contributed by atoms with van der Waals surface area (Å²) in [5, 5.41) is 18.2. The van der Waals surface area contributed by atoms with E-state index in [4.69, 9.17) is 16.3 Å². The van der Waals surface area contributed by atoms with Crippen LogP contribution in [0.4, 0.5) is 14.6 Å². The summed E-state index contributed by atoms with van der Waals surface area (Å²) in [6.45, 7) is 0. The molecular weight excluding hydrogens is 294 g/mol. The highest BCUT2D eigenvalue weighted by Gasteiger charge is 2.21. The number of hydrogen-bond acceptors (Lipinski definition) is 5. The molecule has 1 heterocycles. The maximum atomic E-state index is 13.8. The van der Waals surface area contributed by atoms with Gasteiger partial charge in [0.15, 0.2) is 17.4 Å². The lowest BCUT2D eigenvalue weighted by Crippen LogP contribution is -2.16. The molecule has 1 aromatic heterocycles. The smallest absolute Gasteiger partial charge is 0.268 e. The number of benzene rings is 1. The summed E-state index contributed by atoms with van der Waals surface area (Å²) >= 11 is 0. The highest BCUT2D eigenvalue weighted by atomic mass is 19.1. The van der Waals surface area contributed by atoms with Crippen LogP contribution < -0.4 is 16.0 Å². The van der Waals surface area contributed by atoms with Gasteiger partial charge in [-0.05, 0) is 17.7 Å². The van der Waals surface area contributed by atoms with Crippen LogP contribution in [0.5, 0.6) is 5.75 Å². The molecule has 2 rings (SSSR count). The minimum absolute atomic E-state index is 0.165. The van der Waals surface area contributed by atoms with Crippen LogP contribution in [0, 0.1) is 34.3 Å². The average Bonchev–Trinajstić information content (AvgIpc) is 2.46. The van der Waals surface area contributed by atoms with Crippen molar-refractivity contribution >= 4 is 5.82 Å². The van der Waals surface area contributed by atoms with Crippen LogP contribution in [0.25, 0.3) is 11.1 Å². The third-order valence-electron chi connectivity index (χ3n) is 2.96. The molecule has 0 aliphatic carbocycles. The van der Waals surface area contributed by atoms with E-state index in [0.717, 1.165) is 19.2 Å². The first-order valence-corrected chi connectivity index (χ1v) is 5.84. The van der Waals surface area contributed by atoms with Gasteiger partial charge in [-0.15, -0.1) is 0 Å². The molecule has 0 fully saturated rings. The molecule has 0 saturated heterocycles. The van der Waals surface area contributed by atoms with Crippen LogP contribution in [-0.4, -0.2) is 12.1 Å². The van der Waals surface area contributed by atoms with Crippen LogP contribution in [0.1, 0.15) is 11.1 Å². The highest BCUT2D eigenvalue weighted by Crippen LogP contribution is 2.32. The molecule has 22 heavy (non-hydrogen) atoms. The molecule has 3 N–H and O–H groups in total. The van der Waals surface area contributed by atoms with Gasteiger partial charge in [0.25, 0.3) is 5.56 Å². The van der Waals surface area contributed by atoms with Gasteiger partial charge in [-0.25, -0.2) is 8.78 Å². The van der Waals surface area contributed by atoms with Crippen molar-refractivity contribution in [1.29, 1.82) is 10.5 Å². The number of ether oxygens (including phenoxy) is 1. The molecule has 2 aromatic rings. The van der Waals surface area contributed by atoms with E-state index in [1.54, 1.807) is 12.1 Å². The molecule has 8 heteroatoms. The standard InChI is InChI=1S/C14H8F2N4O2/c1-22-12-9(15)2-6(3-10(12)16)11-7(4-17)13(19)20-14(21)8(11)5-18/h2-3H,1H3,(H3,19,20,21). The van der Waals surface area contributed by atoms with E-state index >= 15 is 0 Å². The molecule has 0 bridgehead atoms. The van der Waals surface area contributed by atoms with Crippen molar-refractivity contribution in [3.63, 3.8) is 0 Å². The predicted octanol–water partition coefficient (Wildman–Crippen LogP) is 1.65. The van der Waals surface area contributed by atoms with Crippen molar-refractivity contribution in [1.82, 2.24) is 4.98 Å². The zero-order valence-corrected chi connectivity index (χ0v) is 11.2. The topological polar surface area (TPSA) is 116 Å². The van der Waals surface area contributed by atoms with Crippen molar-refractivity contribution in [2.75, 3.05) is 12.8 Å². The number of methoxy groups -OCH3 is 1. The summed E-state index contributed by atoms with van der Waals surface area (Å²) < 4.78 is 32.2. The molecule has 0 atom stereocenters. The Balaban J connectivity index is 2.93. The van der Waals surface area contributed by atoms with E-state index in [1.807, 2.05) is 0 Å². The van der Waals surface area contributed by atoms with E-state index < -0.39 is 28.5 Å². The lowest BCUT2D eigenvalue weighted by atomic mass is 9.96. The van der Waals surface area contributed by atoms with Crippen LogP contribution in [-0.2, 0) is 0 Å². The highest BCUT2D eigenvalue weighted by molar-refractivity contribution is 5.80. The van der Waals surface area contributed by atoms with Gasteiger partial charge < -0.3 is 15.5 Å². The lowest BCUT2D eigenvalue weighted by molar-refractivity contribution is 0.360. The van der Waals surface area contributed by atoms with Gasteiger partial charge in [0.05, 0.1) is 7.11 Å². The molecule has 0 aliphatic rings. The number of anilines is 1. The van der Waals surface area contributed by atoms with Crippen molar-refractivity contribution in [3.05, 3.63) is 45.2 Å². The largest absolute Gasteiger partial charge is 0.491 e. The molecule has 1 aromatic carbocycles. The Morgan fingerprint density at radius 3 is 2.18 bits per heavy atom. The number of nitrogens with two attached hydrogens (primary N) is 1. The minimum atomic E-state index is -1.04. The number of nitrogens with zero attached hydrogens (tertiary/aromatic N) is 2. The third kappa shape index (κ3) is 2.23. The van der Waals surface area contributed by atoms with Crippen molar-refractivity contribution < 1.29 is 13.5 Å². The fraction of sp³-hybridized carbons (Fsp3) is 0.0714. The number of nitrogen functional groups attached to an aromatic ring is 1. The first-order valence-electron chi connectivity index (χ1n) is 5.84. The fourth-order valence-corrected chi connectivity index (χ4v) is 2.03. The van der Waals surface area contributed by atoms with Crippen LogP contribution in [0.15, 0.2) is 16.9 Å². The first kappa shape index (κ1) is 15.0. The summed E-state index contributed by atoms with van der Waals surface area (Å²) in [5.41, 5.74) is 3.56. The molecule has 0 spiro atoms. The van der Waals surface area contributed by atoms with Gasteiger partial charge in [-0.3, -0.25) is 4.79 Å². The second-order valence-electron chi connectivity index (χ2n) is 4.19. The number of nitrogens with one attached hydrogen (secondary N) is 1. The van der Waals surface area contributed by atoms with Gasteiger partial charge in [0, 0.05) is 5.56 Å². The summed E-state index contributed by atoms with van der Waals surface area (Å²) in [6.07, 6.45) is 0. The lowest BCUT2D eigenvalue weighted by Gasteiger charge is -2.11. The number of aromatic amines is 1. The second-order valence-corrected chi connectivity index (χ2v) is 4.19. The first-order chi connectivity index (χ1) is 10.4. The van der Waals surface area contributed by atoms with Gasteiger partial charge in [0.2, 0.25) is 0 Å². The molecule has 0 aliphatic heterocycles. The Labute approximate surface area is 123 Å².